The molecule has 1 aliphatic heterocycles. The molecule has 138 valence electrons. The third kappa shape index (κ3) is 2.68. The summed E-state index contributed by atoms with van der Waals surface area (Å²) >= 11 is 0. The van der Waals surface area contributed by atoms with E-state index in [1.54, 1.807) is 11.6 Å². The molecule has 6 heteroatoms. The maximum Gasteiger partial charge on any atom is 0.345 e. The van der Waals surface area contributed by atoms with Gasteiger partial charge in [0.25, 0.3) is 0 Å². The fourth-order valence-electron chi connectivity index (χ4n) is 4.31. The van der Waals surface area contributed by atoms with Crippen molar-refractivity contribution in [1.29, 1.82) is 0 Å². The van der Waals surface area contributed by atoms with Crippen molar-refractivity contribution in [2.45, 2.75) is 50.5 Å². The van der Waals surface area contributed by atoms with Gasteiger partial charge >= 0.3 is 5.69 Å². The molecule has 2 fully saturated rings. The zero-order valence-electron chi connectivity index (χ0n) is 15.5. The second-order valence-electron chi connectivity index (χ2n) is 7.55. The van der Waals surface area contributed by atoms with Crippen molar-refractivity contribution in [3.63, 3.8) is 0 Å². The van der Waals surface area contributed by atoms with E-state index in [0.29, 0.717) is 13.1 Å². The lowest BCUT2D eigenvalue weighted by molar-refractivity contribution is -0.135. The molecule has 4 rings (SSSR count). The first-order chi connectivity index (χ1) is 12.6. The molecular weight excluding hydrogens is 328 g/mol. The minimum atomic E-state index is -0.322. The molecule has 2 aliphatic rings. The van der Waals surface area contributed by atoms with E-state index in [2.05, 4.69) is 17.2 Å². The lowest BCUT2D eigenvalue weighted by Crippen LogP contribution is -2.45. The van der Waals surface area contributed by atoms with Gasteiger partial charge in [-0.15, -0.1) is 0 Å². The summed E-state index contributed by atoms with van der Waals surface area (Å²) < 4.78 is 3.15. The van der Waals surface area contributed by atoms with Crippen LogP contribution in [0.3, 0.4) is 0 Å². The molecule has 1 atom stereocenters. The Kier molecular flexibility index (Phi) is 4.21. The van der Waals surface area contributed by atoms with Crippen LogP contribution in [0.2, 0.25) is 0 Å². The zero-order chi connectivity index (χ0) is 18.3. The average molecular weight is 354 g/mol. The van der Waals surface area contributed by atoms with Crippen LogP contribution in [-0.2, 0) is 23.8 Å². The fourth-order valence-corrected chi connectivity index (χ4v) is 4.31. The minimum absolute atomic E-state index is 0.0751. The summed E-state index contributed by atoms with van der Waals surface area (Å²) in [6, 6.07) is 10.1. The number of likely N-dealkylation sites (tertiary alicyclic amines) is 1. The first kappa shape index (κ1) is 17.1. The van der Waals surface area contributed by atoms with E-state index in [1.807, 2.05) is 30.0 Å². The Hall–Kier alpha value is -2.37. The molecule has 2 heterocycles. The van der Waals surface area contributed by atoms with Gasteiger partial charge in [0.2, 0.25) is 5.91 Å². The van der Waals surface area contributed by atoms with Crippen molar-refractivity contribution >= 4 is 5.91 Å². The molecule has 1 aromatic heterocycles. The summed E-state index contributed by atoms with van der Waals surface area (Å²) in [4.78, 5) is 27.5. The predicted octanol–water partition coefficient (Wildman–Crippen LogP) is 2.04. The van der Waals surface area contributed by atoms with Gasteiger partial charge in [0, 0.05) is 32.6 Å². The average Bonchev–Trinajstić information content (AvgIpc) is 3.44. The SMILES string of the molecule is CCn1c(C2CCCN(C(=O)C3(c4ccccc4)CC3)C2)nn(C)c1=O. The quantitative estimate of drug-likeness (QED) is 0.844. The molecule has 0 bridgehead atoms. The predicted molar refractivity (Wildman–Crippen MR) is 99.1 cm³/mol. The fraction of sp³-hybridized carbons (Fsp3) is 0.550. The molecule has 1 amide bonds. The number of hydrogen-bond acceptors (Lipinski definition) is 3. The summed E-state index contributed by atoms with van der Waals surface area (Å²) in [7, 11) is 1.69. The van der Waals surface area contributed by atoms with Crippen molar-refractivity contribution in [1.82, 2.24) is 19.2 Å². The largest absolute Gasteiger partial charge is 0.345 e. The minimum Gasteiger partial charge on any atom is -0.341 e. The zero-order valence-corrected chi connectivity index (χ0v) is 15.5. The van der Waals surface area contributed by atoms with Crippen molar-refractivity contribution in [3.8, 4) is 0 Å². The molecule has 0 radical (unpaired) electrons. The molecular formula is C20H26N4O2. The van der Waals surface area contributed by atoms with Gasteiger partial charge in [0.15, 0.2) is 0 Å². The molecule has 1 aromatic carbocycles. The van der Waals surface area contributed by atoms with Crippen molar-refractivity contribution in [3.05, 3.63) is 52.2 Å². The third-order valence-electron chi connectivity index (χ3n) is 5.91. The number of carbonyl (C=O) groups is 1. The number of aryl methyl sites for hydroxylation is 1. The van der Waals surface area contributed by atoms with Gasteiger partial charge in [-0.2, -0.15) is 5.10 Å². The Morgan fingerprint density at radius 1 is 1.27 bits per heavy atom. The monoisotopic (exact) mass is 354 g/mol. The van der Waals surface area contributed by atoms with Crippen LogP contribution < -0.4 is 5.69 Å². The summed E-state index contributed by atoms with van der Waals surface area (Å²) in [5.74, 6) is 1.20. The highest BCUT2D eigenvalue weighted by Gasteiger charge is 2.53. The Labute approximate surface area is 153 Å². The molecule has 2 aromatic rings. The normalized spacial score (nSPS) is 21.6. The van der Waals surface area contributed by atoms with Gasteiger partial charge in [-0.1, -0.05) is 30.3 Å². The first-order valence-electron chi connectivity index (χ1n) is 9.55. The molecule has 1 saturated heterocycles. The Morgan fingerprint density at radius 2 is 2.00 bits per heavy atom. The number of aromatic nitrogens is 3. The van der Waals surface area contributed by atoms with Crippen molar-refractivity contribution in [2.24, 2.45) is 7.05 Å². The Morgan fingerprint density at radius 3 is 2.65 bits per heavy atom. The standard InChI is InChI=1S/C20H26N4O2/c1-3-24-17(21-22(2)19(24)26)15-8-7-13-23(14-15)18(25)20(11-12-20)16-9-5-4-6-10-16/h4-6,9-10,15H,3,7-8,11-14H2,1-2H3. The third-order valence-corrected chi connectivity index (χ3v) is 5.91. The van der Waals surface area contributed by atoms with E-state index < -0.39 is 0 Å². The van der Waals surface area contributed by atoms with Crippen LogP contribution in [0.15, 0.2) is 35.1 Å². The van der Waals surface area contributed by atoms with Crippen LogP contribution in [0, 0.1) is 0 Å². The van der Waals surface area contributed by atoms with E-state index in [-0.39, 0.29) is 22.9 Å². The number of piperidine rings is 1. The number of carbonyl (C=O) groups excluding carboxylic acids is 1. The highest BCUT2D eigenvalue weighted by Crippen LogP contribution is 2.50. The number of benzene rings is 1. The summed E-state index contributed by atoms with van der Waals surface area (Å²) in [5.41, 5.74) is 0.738. The van der Waals surface area contributed by atoms with Crippen LogP contribution in [0.1, 0.15) is 49.9 Å². The second-order valence-corrected chi connectivity index (χ2v) is 7.55. The Balaban J connectivity index is 1.57. The topological polar surface area (TPSA) is 60.1 Å². The molecule has 1 aliphatic carbocycles. The van der Waals surface area contributed by atoms with Gasteiger partial charge in [-0.05, 0) is 38.2 Å². The number of nitrogens with zero attached hydrogens (tertiary/aromatic N) is 4. The molecule has 0 N–H and O–H groups in total. The van der Waals surface area contributed by atoms with Crippen LogP contribution >= 0.6 is 0 Å². The van der Waals surface area contributed by atoms with E-state index in [1.165, 1.54) is 4.68 Å². The molecule has 1 unspecified atom stereocenters. The van der Waals surface area contributed by atoms with Crippen molar-refractivity contribution in [2.75, 3.05) is 13.1 Å². The number of amides is 1. The van der Waals surface area contributed by atoms with Gasteiger partial charge in [-0.25, -0.2) is 9.48 Å². The highest BCUT2D eigenvalue weighted by molar-refractivity contribution is 5.91. The summed E-state index contributed by atoms with van der Waals surface area (Å²) in [6.07, 6.45) is 3.79. The lowest BCUT2D eigenvalue weighted by Gasteiger charge is -2.35. The first-order valence-corrected chi connectivity index (χ1v) is 9.55. The molecule has 26 heavy (non-hydrogen) atoms. The van der Waals surface area contributed by atoms with Crippen LogP contribution in [0.25, 0.3) is 0 Å². The van der Waals surface area contributed by atoms with Crippen LogP contribution in [0.5, 0.6) is 0 Å². The lowest BCUT2D eigenvalue weighted by atomic mass is 9.91. The molecule has 0 spiro atoms. The maximum atomic E-state index is 13.3. The molecule has 6 nitrogen and oxygen atoms in total. The van der Waals surface area contributed by atoms with E-state index in [4.69, 9.17) is 0 Å². The van der Waals surface area contributed by atoms with Gasteiger partial charge < -0.3 is 4.90 Å². The molecule has 1 saturated carbocycles. The summed E-state index contributed by atoms with van der Waals surface area (Å²) in [5, 5.41) is 4.46. The number of rotatable bonds is 4. The van der Waals surface area contributed by atoms with E-state index >= 15 is 0 Å². The van der Waals surface area contributed by atoms with Gasteiger partial charge in [0.05, 0.1) is 5.41 Å². The summed E-state index contributed by atoms with van der Waals surface area (Å²) in [6.45, 7) is 4.03. The van der Waals surface area contributed by atoms with E-state index in [9.17, 15) is 9.59 Å². The maximum absolute atomic E-state index is 13.3. The highest BCUT2D eigenvalue weighted by atomic mass is 16.2. The van der Waals surface area contributed by atoms with Gasteiger partial charge in [0.1, 0.15) is 5.82 Å². The van der Waals surface area contributed by atoms with Crippen LogP contribution in [0.4, 0.5) is 0 Å². The van der Waals surface area contributed by atoms with Crippen molar-refractivity contribution < 1.29 is 4.79 Å². The van der Waals surface area contributed by atoms with Gasteiger partial charge in [-0.3, -0.25) is 9.36 Å². The number of hydrogen-bond donors (Lipinski definition) is 0. The smallest absolute Gasteiger partial charge is 0.341 e. The van der Waals surface area contributed by atoms with E-state index in [0.717, 1.165) is 43.6 Å². The Bertz CT molecular complexity index is 864. The van der Waals surface area contributed by atoms with Crippen LogP contribution in [-0.4, -0.2) is 38.2 Å². The second kappa shape index (κ2) is 6.41.